The van der Waals surface area contributed by atoms with E-state index in [1.54, 1.807) is 20.8 Å². The second-order valence-corrected chi connectivity index (χ2v) is 7.72. The summed E-state index contributed by atoms with van der Waals surface area (Å²) in [6.45, 7) is 5.09. The lowest BCUT2D eigenvalue weighted by atomic mass is 10.4. The number of hydrogen-bond donors (Lipinski definition) is 1. The zero-order valence-corrected chi connectivity index (χ0v) is 13.6. The van der Waals surface area contributed by atoms with Crippen LogP contribution in [0.2, 0.25) is 0 Å². The highest BCUT2D eigenvalue weighted by atomic mass is 35.6. The molecule has 0 aromatic heterocycles. The third-order valence-corrected chi connectivity index (χ3v) is 5.36. The van der Waals surface area contributed by atoms with Crippen molar-refractivity contribution in [1.29, 1.82) is 0 Å². The minimum absolute atomic E-state index is 0.108. The van der Waals surface area contributed by atoms with Gasteiger partial charge >= 0.3 is 7.60 Å². The molecule has 1 atom stereocenters. The predicted molar refractivity (Wildman–Crippen MR) is 73.4 cm³/mol. The molecule has 0 saturated carbocycles. The molecule has 0 aliphatic rings. The first-order valence-corrected chi connectivity index (χ1v) is 8.20. The molecule has 9 heteroatoms. The minimum Gasteiger partial charge on any atom is -0.339 e. The molecule has 0 unspecified atom stereocenters. The lowest BCUT2D eigenvalue weighted by molar-refractivity contribution is -0.121. The van der Waals surface area contributed by atoms with Gasteiger partial charge in [0.25, 0.3) is 0 Å². The van der Waals surface area contributed by atoms with Gasteiger partial charge in [-0.05, 0) is 13.8 Å². The Labute approximate surface area is 122 Å². The number of amides is 1. The number of carbonyl (C=O) groups is 1. The molecule has 1 N–H and O–H groups in total. The van der Waals surface area contributed by atoms with E-state index in [1.807, 2.05) is 0 Å². The van der Waals surface area contributed by atoms with Gasteiger partial charge in [0.15, 0.2) is 5.78 Å². The first kappa shape index (κ1) is 18.5. The summed E-state index contributed by atoms with van der Waals surface area (Å²) in [5.41, 5.74) is 0. The van der Waals surface area contributed by atoms with Crippen LogP contribution in [0.25, 0.3) is 0 Å². The molecule has 108 valence electrons. The van der Waals surface area contributed by atoms with Gasteiger partial charge in [0, 0.05) is 6.42 Å². The van der Waals surface area contributed by atoms with E-state index in [4.69, 9.17) is 43.9 Å². The van der Waals surface area contributed by atoms with Crippen molar-refractivity contribution in [2.75, 3.05) is 13.2 Å². The highest BCUT2D eigenvalue weighted by Gasteiger charge is 2.49. The van der Waals surface area contributed by atoms with Crippen LogP contribution in [0.1, 0.15) is 27.2 Å². The fourth-order valence-electron chi connectivity index (χ4n) is 1.14. The Morgan fingerprint density at radius 3 is 1.94 bits per heavy atom. The van der Waals surface area contributed by atoms with Crippen LogP contribution >= 0.6 is 42.4 Å². The molecule has 18 heavy (non-hydrogen) atoms. The maximum Gasteiger partial charge on any atom is 0.357 e. The van der Waals surface area contributed by atoms with Gasteiger partial charge in [0.1, 0.15) is 0 Å². The van der Waals surface area contributed by atoms with Crippen molar-refractivity contribution >= 4 is 48.3 Å². The van der Waals surface area contributed by atoms with Gasteiger partial charge < -0.3 is 14.4 Å². The molecule has 0 aromatic rings. The van der Waals surface area contributed by atoms with E-state index in [0.29, 0.717) is 0 Å². The molecular weight excluding hydrogens is 323 g/mol. The van der Waals surface area contributed by atoms with Crippen molar-refractivity contribution in [1.82, 2.24) is 5.32 Å². The average molecular weight is 341 g/mol. The Morgan fingerprint density at radius 2 is 1.67 bits per heavy atom. The number of nitrogens with one attached hydrogen (secondary N) is 1. The summed E-state index contributed by atoms with van der Waals surface area (Å²) in [6, 6.07) is 0. The molecule has 1 amide bonds. The lowest BCUT2D eigenvalue weighted by Gasteiger charge is -2.31. The second-order valence-electron chi connectivity index (χ2n) is 3.24. The van der Waals surface area contributed by atoms with Crippen LogP contribution in [-0.4, -0.2) is 28.7 Å². The number of alkyl halides is 3. The first-order valence-electron chi connectivity index (χ1n) is 5.46. The summed E-state index contributed by atoms with van der Waals surface area (Å²) >= 11 is 17.2. The Hall–Kier alpha value is 0.490. The van der Waals surface area contributed by atoms with Gasteiger partial charge in [-0.1, -0.05) is 41.7 Å². The molecule has 0 bridgehead atoms. The third-order valence-electron chi connectivity index (χ3n) is 1.86. The molecule has 0 aliphatic carbocycles. The monoisotopic (exact) mass is 339 g/mol. The van der Waals surface area contributed by atoms with Crippen molar-refractivity contribution in [3.8, 4) is 0 Å². The molecule has 0 heterocycles. The van der Waals surface area contributed by atoms with Gasteiger partial charge in [-0.3, -0.25) is 9.36 Å². The lowest BCUT2D eigenvalue weighted by Crippen LogP contribution is -2.44. The summed E-state index contributed by atoms with van der Waals surface area (Å²) < 4.78 is 20.6. The van der Waals surface area contributed by atoms with Gasteiger partial charge in [-0.15, -0.1) is 0 Å². The van der Waals surface area contributed by atoms with Crippen LogP contribution in [0.4, 0.5) is 0 Å². The number of rotatable bonds is 7. The Kier molecular flexibility index (Phi) is 8.15. The van der Waals surface area contributed by atoms with Crippen molar-refractivity contribution in [2.24, 2.45) is 0 Å². The van der Waals surface area contributed by atoms with Crippen LogP contribution in [-0.2, 0) is 18.4 Å². The Morgan fingerprint density at radius 1 is 1.22 bits per heavy atom. The summed E-state index contributed by atoms with van der Waals surface area (Å²) in [5, 5.41) is 2.37. The molecule has 0 spiro atoms. The number of carbonyl (C=O) groups excluding carboxylic acids is 1. The first-order chi connectivity index (χ1) is 8.21. The normalized spacial score (nSPS) is 14.3. The van der Waals surface area contributed by atoms with Crippen LogP contribution in [0.3, 0.4) is 0 Å². The molecule has 0 aliphatic heterocycles. The summed E-state index contributed by atoms with van der Waals surface area (Å²) in [7, 11) is -3.75. The Bertz CT molecular complexity index is 311. The fourth-order valence-corrected chi connectivity index (χ4v) is 4.13. The number of hydrogen-bond acceptors (Lipinski definition) is 4. The molecule has 0 radical (unpaired) electrons. The zero-order chi connectivity index (χ0) is 14.4. The highest BCUT2D eigenvalue weighted by Crippen LogP contribution is 2.58. The van der Waals surface area contributed by atoms with Crippen molar-refractivity contribution in [3.05, 3.63) is 0 Å². The van der Waals surface area contributed by atoms with E-state index in [-0.39, 0.29) is 19.6 Å². The predicted octanol–water partition coefficient (Wildman–Crippen LogP) is 3.48. The number of halogens is 3. The van der Waals surface area contributed by atoms with Gasteiger partial charge in [-0.25, -0.2) is 0 Å². The fraction of sp³-hybridized carbons (Fsp3) is 0.889. The van der Waals surface area contributed by atoms with Gasteiger partial charge in [0.2, 0.25) is 9.70 Å². The zero-order valence-electron chi connectivity index (χ0n) is 10.4. The standard InChI is InChI=1S/C9H17Cl3NO4P/c1-4-7(14)13-8(9(10,11)12)18(15,16-5-2)17-6-3/h8H,4-6H2,1-3H3,(H,13,14)/t8-/m0/s1. The van der Waals surface area contributed by atoms with E-state index in [2.05, 4.69) is 5.32 Å². The van der Waals surface area contributed by atoms with E-state index in [9.17, 15) is 9.36 Å². The molecule has 0 aromatic carbocycles. The largest absolute Gasteiger partial charge is 0.357 e. The maximum atomic E-state index is 12.5. The molecule has 0 saturated heterocycles. The minimum atomic E-state index is -3.75. The summed E-state index contributed by atoms with van der Waals surface area (Å²) in [6.07, 6.45) is 0.162. The topological polar surface area (TPSA) is 64.6 Å². The highest BCUT2D eigenvalue weighted by molar-refractivity contribution is 7.55. The van der Waals surface area contributed by atoms with Crippen molar-refractivity contribution in [2.45, 2.75) is 36.8 Å². The average Bonchev–Trinajstić information content (AvgIpc) is 2.24. The molecule has 0 rings (SSSR count). The van der Waals surface area contributed by atoms with E-state index < -0.39 is 23.1 Å². The van der Waals surface area contributed by atoms with Gasteiger partial charge in [0.05, 0.1) is 13.2 Å². The van der Waals surface area contributed by atoms with Crippen LogP contribution < -0.4 is 5.32 Å². The SMILES string of the molecule is CCOP(=O)(OCC)[C@H](NC(=O)CC)C(Cl)(Cl)Cl. The van der Waals surface area contributed by atoms with E-state index in [1.165, 1.54) is 0 Å². The van der Waals surface area contributed by atoms with E-state index in [0.717, 1.165) is 0 Å². The van der Waals surface area contributed by atoms with Crippen LogP contribution in [0.15, 0.2) is 0 Å². The van der Waals surface area contributed by atoms with Crippen molar-refractivity contribution < 1.29 is 18.4 Å². The third kappa shape index (κ3) is 5.64. The van der Waals surface area contributed by atoms with Gasteiger partial charge in [-0.2, -0.15) is 0 Å². The van der Waals surface area contributed by atoms with Crippen molar-refractivity contribution in [3.63, 3.8) is 0 Å². The molecule has 5 nitrogen and oxygen atoms in total. The second kappa shape index (κ2) is 7.93. The maximum absolute atomic E-state index is 12.5. The van der Waals surface area contributed by atoms with Crippen LogP contribution in [0, 0.1) is 0 Å². The quantitative estimate of drug-likeness (QED) is 0.569. The summed E-state index contributed by atoms with van der Waals surface area (Å²) in [5.74, 6) is -1.76. The molecule has 0 fully saturated rings. The smallest absolute Gasteiger partial charge is 0.339 e. The summed E-state index contributed by atoms with van der Waals surface area (Å²) in [4.78, 5) is 11.4. The van der Waals surface area contributed by atoms with Crippen LogP contribution in [0.5, 0.6) is 0 Å². The van der Waals surface area contributed by atoms with E-state index >= 15 is 0 Å². The molecular formula is C9H17Cl3NO4P. The Balaban J connectivity index is 5.24.